The van der Waals surface area contributed by atoms with Crippen LogP contribution in [0.1, 0.15) is 30.9 Å². The van der Waals surface area contributed by atoms with Gasteiger partial charge in [-0.05, 0) is 44.1 Å². The number of hydrogen-bond donors (Lipinski definition) is 1. The molecule has 1 aromatic carbocycles. The number of likely N-dealkylation sites (N-methyl/N-ethyl adjacent to an activating group) is 1. The van der Waals surface area contributed by atoms with E-state index in [1.54, 1.807) is 0 Å². The van der Waals surface area contributed by atoms with Crippen LogP contribution < -0.4 is 5.73 Å². The van der Waals surface area contributed by atoms with Gasteiger partial charge in [-0.25, -0.2) is 0 Å². The number of hydrogen-bond acceptors (Lipinski definition) is 3. The summed E-state index contributed by atoms with van der Waals surface area (Å²) in [4.78, 5) is 6.79. The van der Waals surface area contributed by atoms with Crippen LogP contribution in [0.2, 0.25) is 0 Å². The lowest BCUT2D eigenvalue weighted by Crippen LogP contribution is -2.43. The predicted octanol–water partition coefficient (Wildman–Crippen LogP) is 3.23. The lowest BCUT2D eigenvalue weighted by atomic mass is 9.91. The molecular weight excluding hydrogens is 258 g/mol. The molecule has 3 rings (SSSR count). The molecule has 0 bridgehead atoms. The Labute approximate surface area is 126 Å². The fourth-order valence-corrected chi connectivity index (χ4v) is 3.19. The van der Waals surface area contributed by atoms with Crippen molar-refractivity contribution >= 4 is 0 Å². The molecule has 1 aliphatic rings. The SMILES string of the molecule is CN1CCCC[C@H]1C(N)c1ccc(-c2ccccn2)cc1. The van der Waals surface area contributed by atoms with Gasteiger partial charge in [0.2, 0.25) is 0 Å². The maximum absolute atomic E-state index is 6.49. The lowest BCUT2D eigenvalue weighted by molar-refractivity contribution is 0.160. The van der Waals surface area contributed by atoms with Crippen LogP contribution in [0.3, 0.4) is 0 Å². The summed E-state index contributed by atoms with van der Waals surface area (Å²) in [6, 6.07) is 15.1. The molecule has 3 heteroatoms. The molecule has 110 valence electrons. The van der Waals surface area contributed by atoms with Crippen molar-refractivity contribution in [2.24, 2.45) is 5.73 Å². The molecule has 1 unspecified atom stereocenters. The van der Waals surface area contributed by atoms with Gasteiger partial charge in [0.25, 0.3) is 0 Å². The molecule has 0 amide bonds. The highest BCUT2D eigenvalue weighted by Gasteiger charge is 2.25. The van der Waals surface area contributed by atoms with E-state index in [9.17, 15) is 0 Å². The maximum atomic E-state index is 6.49. The summed E-state index contributed by atoms with van der Waals surface area (Å²) >= 11 is 0. The van der Waals surface area contributed by atoms with Crippen molar-refractivity contribution < 1.29 is 0 Å². The number of aromatic nitrogens is 1. The third kappa shape index (κ3) is 3.14. The van der Waals surface area contributed by atoms with E-state index in [0.717, 1.165) is 17.8 Å². The van der Waals surface area contributed by atoms with Gasteiger partial charge in [0.05, 0.1) is 5.69 Å². The van der Waals surface area contributed by atoms with E-state index < -0.39 is 0 Å². The fourth-order valence-electron chi connectivity index (χ4n) is 3.19. The number of nitrogens with zero attached hydrogens (tertiary/aromatic N) is 2. The van der Waals surface area contributed by atoms with Crippen molar-refractivity contribution in [3.63, 3.8) is 0 Å². The Kier molecular flexibility index (Phi) is 4.32. The van der Waals surface area contributed by atoms with Crippen LogP contribution >= 0.6 is 0 Å². The normalized spacial score (nSPS) is 21.1. The highest BCUT2D eigenvalue weighted by atomic mass is 15.1. The van der Waals surface area contributed by atoms with Crippen molar-refractivity contribution in [3.8, 4) is 11.3 Å². The highest BCUT2D eigenvalue weighted by Crippen LogP contribution is 2.27. The summed E-state index contributed by atoms with van der Waals surface area (Å²) < 4.78 is 0. The van der Waals surface area contributed by atoms with E-state index in [1.165, 1.54) is 24.8 Å². The molecule has 2 aromatic rings. The Morgan fingerprint density at radius 2 is 1.95 bits per heavy atom. The Balaban J connectivity index is 1.77. The third-order valence-electron chi connectivity index (χ3n) is 4.50. The van der Waals surface area contributed by atoms with Crippen molar-refractivity contribution in [3.05, 3.63) is 54.2 Å². The second kappa shape index (κ2) is 6.37. The summed E-state index contributed by atoms with van der Waals surface area (Å²) in [5.41, 5.74) is 9.86. The molecule has 3 nitrogen and oxygen atoms in total. The minimum absolute atomic E-state index is 0.0908. The molecule has 0 radical (unpaired) electrons. The topological polar surface area (TPSA) is 42.1 Å². The minimum atomic E-state index is 0.0908. The van der Waals surface area contributed by atoms with E-state index in [4.69, 9.17) is 5.73 Å². The van der Waals surface area contributed by atoms with Gasteiger partial charge in [-0.3, -0.25) is 4.98 Å². The van der Waals surface area contributed by atoms with E-state index in [2.05, 4.69) is 41.2 Å². The van der Waals surface area contributed by atoms with Crippen LogP contribution in [0.5, 0.6) is 0 Å². The first-order valence-electron chi connectivity index (χ1n) is 7.73. The number of rotatable bonds is 3. The second-order valence-corrected chi connectivity index (χ2v) is 5.91. The number of likely N-dealkylation sites (tertiary alicyclic amines) is 1. The van der Waals surface area contributed by atoms with Crippen LogP contribution in [-0.2, 0) is 0 Å². The van der Waals surface area contributed by atoms with E-state index in [1.807, 2.05) is 24.4 Å². The van der Waals surface area contributed by atoms with Crippen LogP contribution in [-0.4, -0.2) is 29.5 Å². The maximum Gasteiger partial charge on any atom is 0.0701 e. The fraction of sp³-hybridized carbons (Fsp3) is 0.389. The molecule has 21 heavy (non-hydrogen) atoms. The summed E-state index contributed by atoms with van der Waals surface area (Å²) in [5, 5.41) is 0. The summed E-state index contributed by atoms with van der Waals surface area (Å²) in [6.45, 7) is 1.16. The molecule has 0 aliphatic carbocycles. The third-order valence-corrected chi connectivity index (χ3v) is 4.50. The van der Waals surface area contributed by atoms with Crippen LogP contribution in [0.4, 0.5) is 0 Å². The van der Waals surface area contributed by atoms with Crippen molar-refractivity contribution in [2.45, 2.75) is 31.3 Å². The van der Waals surface area contributed by atoms with Gasteiger partial charge in [-0.15, -0.1) is 0 Å². The molecule has 1 aromatic heterocycles. The van der Waals surface area contributed by atoms with Gasteiger partial charge in [-0.1, -0.05) is 36.8 Å². The van der Waals surface area contributed by atoms with E-state index in [-0.39, 0.29) is 6.04 Å². The molecule has 0 saturated carbocycles. The van der Waals surface area contributed by atoms with Crippen molar-refractivity contribution in [2.75, 3.05) is 13.6 Å². The zero-order chi connectivity index (χ0) is 14.7. The Morgan fingerprint density at radius 1 is 1.14 bits per heavy atom. The zero-order valence-corrected chi connectivity index (χ0v) is 12.6. The number of benzene rings is 1. The zero-order valence-electron chi connectivity index (χ0n) is 12.6. The van der Waals surface area contributed by atoms with E-state index >= 15 is 0 Å². The van der Waals surface area contributed by atoms with Gasteiger partial charge in [-0.2, -0.15) is 0 Å². The minimum Gasteiger partial charge on any atom is -0.323 e. The summed E-state index contributed by atoms with van der Waals surface area (Å²) in [5.74, 6) is 0. The first-order chi connectivity index (χ1) is 10.3. The highest BCUT2D eigenvalue weighted by molar-refractivity contribution is 5.59. The van der Waals surface area contributed by atoms with Crippen LogP contribution in [0.25, 0.3) is 11.3 Å². The quantitative estimate of drug-likeness (QED) is 0.939. The standard InChI is InChI=1S/C18H23N3/c1-21-13-5-3-7-17(21)18(19)15-10-8-14(9-11-15)16-6-2-4-12-20-16/h2,4,6,8-12,17-18H,3,5,7,13,19H2,1H3/t17-,18?/m0/s1. The van der Waals surface area contributed by atoms with Gasteiger partial charge in [0.1, 0.15) is 0 Å². The number of piperidine rings is 1. The van der Waals surface area contributed by atoms with Crippen molar-refractivity contribution in [1.82, 2.24) is 9.88 Å². The van der Waals surface area contributed by atoms with Crippen molar-refractivity contribution in [1.29, 1.82) is 0 Å². The average molecular weight is 281 g/mol. The Bertz CT molecular complexity index is 565. The lowest BCUT2D eigenvalue weighted by Gasteiger charge is -2.36. The van der Waals surface area contributed by atoms with Gasteiger partial charge < -0.3 is 10.6 Å². The first kappa shape index (κ1) is 14.2. The van der Waals surface area contributed by atoms with Gasteiger partial charge >= 0.3 is 0 Å². The van der Waals surface area contributed by atoms with Gasteiger partial charge in [0, 0.05) is 23.8 Å². The van der Waals surface area contributed by atoms with Crippen LogP contribution in [0, 0.1) is 0 Å². The largest absolute Gasteiger partial charge is 0.323 e. The molecule has 1 aliphatic heterocycles. The number of nitrogens with two attached hydrogens (primary N) is 1. The molecular formula is C18H23N3. The Hall–Kier alpha value is -1.71. The smallest absolute Gasteiger partial charge is 0.0701 e. The summed E-state index contributed by atoms with van der Waals surface area (Å²) in [6.07, 6.45) is 5.60. The first-order valence-corrected chi connectivity index (χ1v) is 7.73. The Morgan fingerprint density at radius 3 is 2.62 bits per heavy atom. The van der Waals surface area contributed by atoms with Gasteiger partial charge in [0.15, 0.2) is 0 Å². The molecule has 1 fully saturated rings. The average Bonchev–Trinajstić information content (AvgIpc) is 2.56. The summed E-state index contributed by atoms with van der Waals surface area (Å²) in [7, 11) is 2.19. The molecule has 2 atom stereocenters. The van der Waals surface area contributed by atoms with Crippen LogP contribution in [0.15, 0.2) is 48.7 Å². The molecule has 2 N–H and O–H groups in total. The monoisotopic (exact) mass is 281 g/mol. The second-order valence-electron chi connectivity index (χ2n) is 5.91. The van der Waals surface area contributed by atoms with E-state index in [0.29, 0.717) is 6.04 Å². The molecule has 0 spiro atoms. The molecule has 1 saturated heterocycles. The molecule has 2 heterocycles. The number of pyridine rings is 1. The predicted molar refractivity (Wildman–Crippen MR) is 86.9 cm³/mol.